The highest BCUT2D eigenvalue weighted by Crippen LogP contribution is 2.25. The molecule has 2 nitrogen and oxygen atoms in total. The van der Waals surface area contributed by atoms with E-state index >= 15 is 0 Å². The van der Waals surface area contributed by atoms with E-state index in [0.29, 0.717) is 21.5 Å². The maximum atomic E-state index is 12.4. The number of anilines is 1. The summed E-state index contributed by atoms with van der Waals surface area (Å²) in [6.07, 6.45) is 0. The molecule has 5 heteroatoms. The van der Waals surface area contributed by atoms with E-state index in [4.69, 9.17) is 28.9 Å². The molecule has 19 heavy (non-hydrogen) atoms. The van der Waals surface area contributed by atoms with Crippen molar-refractivity contribution in [3.63, 3.8) is 0 Å². The summed E-state index contributed by atoms with van der Waals surface area (Å²) in [7, 11) is -1.15. The van der Waals surface area contributed by atoms with Crippen molar-refractivity contribution in [1.29, 1.82) is 0 Å². The van der Waals surface area contributed by atoms with Crippen LogP contribution >= 0.6 is 23.2 Å². The first kappa shape index (κ1) is 14.4. The molecule has 0 aliphatic heterocycles. The van der Waals surface area contributed by atoms with Gasteiger partial charge in [0.1, 0.15) is 0 Å². The Labute approximate surface area is 125 Å². The molecule has 0 saturated carbocycles. The molecular formula is C14H13Cl2NOS. The SMILES string of the molecule is Cc1ccc(N)cc1S(=O)Cc1ccc(Cl)c(Cl)c1. The summed E-state index contributed by atoms with van der Waals surface area (Å²) < 4.78 is 12.4. The first-order chi connectivity index (χ1) is 8.97. The van der Waals surface area contributed by atoms with Crippen LogP contribution in [0.4, 0.5) is 5.69 Å². The standard InChI is InChI=1S/C14H13Cl2NOS/c1-9-2-4-11(17)7-14(9)19(18)8-10-3-5-12(15)13(16)6-10/h2-7H,8,17H2,1H3. The summed E-state index contributed by atoms with van der Waals surface area (Å²) >= 11 is 11.8. The highest BCUT2D eigenvalue weighted by atomic mass is 35.5. The van der Waals surface area contributed by atoms with Gasteiger partial charge >= 0.3 is 0 Å². The number of rotatable bonds is 3. The second-order valence-corrected chi connectivity index (χ2v) is 6.50. The predicted molar refractivity (Wildman–Crippen MR) is 82.2 cm³/mol. The maximum Gasteiger partial charge on any atom is 0.0595 e. The smallest absolute Gasteiger partial charge is 0.0595 e. The van der Waals surface area contributed by atoms with E-state index in [0.717, 1.165) is 16.0 Å². The predicted octanol–water partition coefficient (Wildman–Crippen LogP) is 4.19. The Kier molecular flexibility index (Phi) is 4.50. The molecule has 0 aliphatic rings. The van der Waals surface area contributed by atoms with Gasteiger partial charge in [-0.1, -0.05) is 35.3 Å². The Balaban J connectivity index is 2.25. The minimum absolute atomic E-state index is 0.390. The lowest BCUT2D eigenvalue weighted by Crippen LogP contribution is -2.00. The van der Waals surface area contributed by atoms with Crippen molar-refractivity contribution in [3.05, 3.63) is 57.6 Å². The third-order valence-corrected chi connectivity index (χ3v) is 5.00. The van der Waals surface area contributed by atoms with E-state index in [-0.39, 0.29) is 0 Å². The average molecular weight is 314 g/mol. The molecular weight excluding hydrogens is 301 g/mol. The molecule has 0 aliphatic carbocycles. The van der Waals surface area contributed by atoms with Crippen LogP contribution in [0.15, 0.2) is 41.3 Å². The van der Waals surface area contributed by atoms with Crippen LogP contribution < -0.4 is 5.73 Å². The summed E-state index contributed by atoms with van der Waals surface area (Å²) in [5.74, 6) is 0.390. The molecule has 0 amide bonds. The number of hydrogen-bond donors (Lipinski definition) is 1. The van der Waals surface area contributed by atoms with Crippen molar-refractivity contribution in [2.45, 2.75) is 17.6 Å². The van der Waals surface area contributed by atoms with Crippen LogP contribution in [0.25, 0.3) is 0 Å². The molecule has 2 aromatic rings. The summed E-state index contributed by atoms with van der Waals surface area (Å²) in [6.45, 7) is 1.92. The Bertz CT molecular complexity index is 643. The molecule has 0 saturated heterocycles. The lowest BCUT2D eigenvalue weighted by Gasteiger charge is -2.08. The normalized spacial score (nSPS) is 12.4. The molecule has 2 N–H and O–H groups in total. The second kappa shape index (κ2) is 5.95. The highest BCUT2D eigenvalue weighted by molar-refractivity contribution is 7.84. The molecule has 2 aromatic carbocycles. The molecule has 0 bridgehead atoms. The average Bonchev–Trinajstić information content (AvgIpc) is 2.36. The quantitative estimate of drug-likeness (QED) is 0.863. The van der Waals surface area contributed by atoms with E-state index in [2.05, 4.69) is 0 Å². The minimum Gasteiger partial charge on any atom is -0.399 e. The Hall–Kier alpha value is -1.03. The highest BCUT2D eigenvalue weighted by Gasteiger charge is 2.10. The number of nitrogens with two attached hydrogens (primary N) is 1. The van der Waals surface area contributed by atoms with Crippen LogP contribution in [0.2, 0.25) is 10.0 Å². The van der Waals surface area contributed by atoms with Crippen LogP contribution in [-0.2, 0) is 16.6 Å². The van der Waals surface area contributed by atoms with Gasteiger partial charge in [0.15, 0.2) is 0 Å². The van der Waals surface area contributed by atoms with Gasteiger partial charge in [0, 0.05) is 10.6 Å². The Morgan fingerprint density at radius 3 is 2.53 bits per heavy atom. The van der Waals surface area contributed by atoms with Gasteiger partial charge in [0.2, 0.25) is 0 Å². The van der Waals surface area contributed by atoms with Crippen LogP contribution in [0, 0.1) is 6.92 Å². The van der Waals surface area contributed by atoms with Crippen LogP contribution in [0.5, 0.6) is 0 Å². The summed E-state index contributed by atoms with van der Waals surface area (Å²) in [6, 6.07) is 10.7. The molecule has 1 unspecified atom stereocenters. The van der Waals surface area contributed by atoms with Gasteiger partial charge in [-0.15, -0.1) is 0 Å². The number of hydrogen-bond acceptors (Lipinski definition) is 2. The molecule has 100 valence electrons. The van der Waals surface area contributed by atoms with Crippen molar-refractivity contribution >= 4 is 39.7 Å². The van der Waals surface area contributed by atoms with E-state index in [1.807, 2.05) is 19.1 Å². The zero-order valence-electron chi connectivity index (χ0n) is 10.3. The first-order valence-electron chi connectivity index (χ1n) is 5.66. The zero-order chi connectivity index (χ0) is 14.0. The fourth-order valence-electron chi connectivity index (χ4n) is 1.72. The van der Waals surface area contributed by atoms with Gasteiger partial charge in [-0.2, -0.15) is 0 Å². The van der Waals surface area contributed by atoms with Gasteiger partial charge in [-0.3, -0.25) is 4.21 Å². The molecule has 1 atom stereocenters. The largest absolute Gasteiger partial charge is 0.399 e. The number of aryl methyl sites for hydroxylation is 1. The number of halogens is 2. The molecule has 0 aromatic heterocycles. The van der Waals surface area contributed by atoms with E-state index < -0.39 is 10.8 Å². The maximum absolute atomic E-state index is 12.4. The topological polar surface area (TPSA) is 43.1 Å². The van der Waals surface area contributed by atoms with Crippen LogP contribution in [0.3, 0.4) is 0 Å². The van der Waals surface area contributed by atoms with E-state index in [1.54, 1.807) is 24.3 Å². The van der Waals surface area contributed by atoms with Crippen molar-refractivity contribution in [2.75, 3.05) is 5.73 Å². The first-order valence-corrected chi connectivity index (χ1v) is 7.73. The number of benzene rings is 2. The summed E-state index contributed by atoms with van der Waals surface area (Å²) in [5, 5.41) is 0.969. The van der Waals surface area contributed by atoms with Crippen molar-refractivity contribution in [2.24, 2.45) is 0 Å². The van der Waals surface area contributed by atoms with Crippen LogP contribution in [-0.4, -0.2) is 4.21 Å². The fourth-order valence-corrected chi connectivity index (χ4v) is 3.37. The third kappa shape index (κ3) is 3.50. The lowest BCUT2D eigenvalue weighted by atomic mass is 10.2. The van der Waals surface area contributed by atoms with Gasteiger partial charge in [0.25, 0.3) is 0 Å². The number of nitrogen functional groups attached to an aromatic ring is 1. The van der Waals surface area contributed by atoms with E-state index in [1.165, 1.54) is 0 Å². The van der Waals surface area contributed by atoms with Crippen molar-refractivity contribution in [1.82, 2.24) is 0 Å². The van der Waals surface area contributed by atoms with Crippen molar-refractivity contribution in [3.8, 4) is 0 Å². The summed E-state index contributed by atoms with van der Waals surface area (Å²) in [5.41, 5.74) is 8.19. The Morgan fingerprint density at radius 1 is 1.11 bits per heavy atom. The molecule has 0 fully saturated rings. The third-order valence-electron chi connectivity index (χ3n) is 2.74. The molecule has 0 heterocycles. The minimum atomic E-state index is -1.15. The lowest BCUT2D eigenvalue weighted by molar-refractivity contribution is 0.682. The Morgan fingerprint density at radius 2 is 1.84 bits per heavy atom. The molecule has 2 rings (SSSR count). The second-order valence-electron chi connectivity index (χ2n) is 4.26. The summed E-state index contributed by atoms with van der Waals surface area (Å²) in [4.78, 5) is 0.756. The van der Waals surface area contributed by atoms with Gasteiger partial charge in [0.05, 0.1) is 26.6 Å². The monoisotopic (exact) mass is 313 g/mol. The van der Waals surface area contributed by atoms with Gasteiger partial charge < -0.3 is 5.73 Å². The van der Waals surface area contributed by atoms with Crippen molar-refractivity contribution < 1.29 is 4.21 Å². The van der Waals surface area contributed by atoms with Crippen LogP contribution in [0.1, 0.15) is 11.1 Å². The van der Waals surface area contributed by atoms with Gasteiger partial charge in [-0.05, 0) is 42.3 Å². The fraction of sp³-hybridized carbons (Fsp3) is 0.143. The van der Waals surface area contributed by atoms with Gasteiger partial charge in [-0.25, -0.2) is 0 Å². The molecule has 0 spiro atoms. The zero-order valence-corrected chi connectivity index (χ0v) is 12.6. The van der Waals surface area contributed by atoms with E-state index in [9.17, 15) is 4.21 Å². The molecule has 0 radical (unpaired) electrons.